The fraction of sp³-hybridized carbons (Fsp3) is 0.500. The average Bonchev–Trinajstić information content (AvgIpc) is 3.50. The molecule has 4 aromatic rings. The van der Waals surface area contributed by atoms with Gasteiger partial charge in [0.25, 0.3) is 0 Å². The van der Waals surface area contributed by atoms with Gasteiger partial charge in [-0.3, -0.25) is 0 Å². The number of hydrogen-bond acceptors (Lipinski definition) is 6. The smallest absolute Gasteiger partial charge is 0.164 e. The zero-order chi connectivity index (χ0) is 21.6. The zero-order valence-electron chi connectivity index (χ0n) is 18.5. The Bertz CT molecular complexity index is 1370. The number of benzene rings is 2. The maximum absolute atomic E-state index is 6.19. The van der Waals surface area contributed by atoms with Crippen LogP contribution < -0.4 is 0 Å². The van der Waals surface area contributed by atoms with Crippen LogP contribution in [-0.4, -0.2) is 42.9 Å². The second kappa shape index (κ2) is 5.34. The monoisotopic (exact) mass is 432 g/mol. The SMILES string of the molecule is CC1(C)O[C@@H]2Cn3c(nc4c5c(ccc43)ccc3c5nc4n3C[C@H]3OC(C)(C)O[C@@H]43)[C@@H]2O1. The molecule has 0 saturated carbocycles. The fourth-order valence-electron chi connectivity index (χ4n) is 6.17. The summed E-state index contributed by atoms with van der Waals surface area (Å²) in [6, 6.07) is 8.64. The van der Waals surface area contributed by atoms with Crippen molar-refractivity contribution in [3.63, 3.8) is 0 Å². The van der Waals surface area contributed by atoms with Gasteiger partial charge in [-0.2, -0.15) is 0 Å². The van der Waals surface area contributed by atoms with E-state index in [0.717, 1.165) is 57.6 Å². The summed E-state index contributed by atoms with van der Waals surface area (Å²) in [5.74, 6) is 0.737. The van der Waals surface area contributed by atoms with Crippen molar-refractivity contribution in [3.8, 4) is 0 Å². The van der Waals surface area contributed by atoms with Crippen LogP contribution >= 0.6 is 0 Å². The van der Waals surface area contributed by atoms with Gasteiger partial charge in [-0.05, 0) is 45.2 Å². The number of imidazole rings is 2. The number of rotatable bonds is 0. The summed E-state index contributed by atoms with van der Waals surface area (Å²) in [5, 5.41) is 2.23. The van der Waals surface area contributed by atoms with E-state index in [-0.39, 0.29) is 24.4 Å². The van der Waals surface area contributed by atoms with Gasteiger partial charge in [0.15, 0.2) is 11.6 Å². The van der Waals surface area contributed by atoms with E-state index in [0.29, 0.717) is 0 Å². The third kappa shape index (κ3) is 2.11. The van der Waals surface area contributed by atoms with Gasteiger partial charge in [0.1, 0.15) is 36.1 Å². The van der Waals surface area contributed by atoms with E-state index in [1.807, 2.05) is 27.7 Å². The number of hydrogen-bond donors (Lipinski definition) is 0. The lowest BCUT2D eigenvalue weighted by Gasteiger charge is -2.18. The van der Waals surface area contributed by atoms with E-state index in [2.05, 4.69) is 33.4 Å². The van der Waals surface area contributed by atoms with E-state index in [4.69, 9.17) is 28.9 Å². The molecule has 32 heavy (non-hydrogen) atoms. The van der Waals surface area contributed by atoms with E-state index < -0.39 is 11.6 Å². The molecule has 2 aromatic heterocycles. The summed E-state index contributed by atoms with van der Waals surface area (Å²) >= 11 is 0. The van der Waals surface area contributed by atoms with Gasteiger partial charge in [0.2, 0.25) is 0 Å². The molecule has 8 heteroatoms. The molecule has 0 amide bonds. The van der Waals surface area contributed by atoms with Crippen LogP contribution in [0.3, 0.4) is 0 Å². The van der Waals surface area contributed by atoms with Crippen LogP contribution in [0.4, 0.5) is 0 Å². The van der Waals surface area contributed by atoms with Gasteiger partial charge in [0, 0.05) is 5.39 Å². The third-order valence-electron chi connectivity index (χ3n) is 7.28. The Labute approximate surface area is 184 Å². The highest BCUT2D eigenvalue weighted by atomic mass is 16.8. The van der Waals surface area contributed by atoms with Crippen LogP contribution in [0.5, 0.6) is 0 Å². The van der Waals surface area contributed by atoms with Gasteiger partial charge >= 0.3 is 0 Å². The van der Waals surface area contributed by atoms with Crippen LogP contribution in [-0.2, 0) is 32.0 Å². The van der Waals surface area contributed by atoms with Crippen molar-refractivity contribution in [3.05, 3.63) is 35.9 Å². The molecule has 0 spiro atoms. The second-order valence-electron chi connectivity index (χ2n) is 10.3. The topological polar surface area (TPSA) is 72.6 Å². The first-order valence-electron chi connectivity index (χ1n) is 11.3. The first-order valence-corrected chi connectivity index (χ1v) is 11.3. The Morgan fingerprint density at radius 1 is 0.719 bits per heavy atom. The molecule has 6 heterocycles. The molecule has 4 atom stereocenters. The van der Waals surface area contributed by atoms with E-state index in [1.165, 1.54) is 0 Å². The van der Waals surface area contributed by atoms with E-state index >= 15 is 0 Å². The van der Waals surface area contributed by atoms with Crippen molar-refractivity contribution >= 4 is 32.8 Å². The maximum Gasteiger partial charge on any atom is 0.164 e. The predicted molar refractivity (Wildman–Crippen MR) is 116 cm³/mol. The van der Waals surface area contributed by atoms with Crippen molar-refractivity contribution < 1.29 is 18.9 Å². The number of fused-ring (bicyclic) bond motifs is 13. The summed E-state index contributed by atoms with van der Waals surface area (Å²) in [6.45, 7) is 9.37. The number of nitrogens with zero attached hydrogens (tertiary/aromatic N) is 4. The average molecular weight is 432 g/mol. The Hall–Kier alpha value is -2.52. The minimum atomic E-state index is -0.577. The summed E-state index contributed by atoms with van der Waals surface area (Å²) in [4.78, 5) is 10.2. The van der Waals surface area contributed by atoms with Crippen molar-refractivity contribution in [2.75, 3.05) is 0 Å². The van der Waals surface area contributed by atoms with Crippen LogP contribution in [0.25, 0.3) is 32.8 Å². The summed E-state index contributed by atoms with van der Waals surface area (Å²) in [5.41, 5.74) is 4.17. The van der Waals surface area contributed by atoms with Crippen molar-refractivity contribution in [1.29, 1.82) is 0 Å². The lowest BCUT2D eigenvalue weighted by molar-refractivity contribution is -0.151. The first-order chi connectivity index (χ1) is 15.3. The second-order valence-corrected chi connectivity index (χ2v) is 10.3. The van der Waals surface area contributed by atoms with E-state index in [1.54, 1.807) is 0 Å². The Kier molecular flexibility index (Phi) is 3.00. The minimum Gasteiger partial charge on any atom is -0.342 e. The lowest BCUT2D eigenvalue weighted by atomic mass is 10.1. The highest BCUT2D eigenvalue weighted by Gasteiger charge is 2.50. The Morgan fingerprint density at radius 3 is 1.66 bits per heavy atom. The molecular formula is C24H24N4O4. The standard InChI is InChI=1S/C24H24N4O4/c1-23(2)29-14-9-27-12-7-5-11-6-8-13-18(16(11)17(12)25-21(27)19(14)31-23)26-22-20-15(10-28(13)22)30-24(3,4)32-20/h5-8,14-15,19-20H,9-10H2,1-4H3/t14-,15-,19-,20-/m1/s1. The van der Waals surface area contributed by atoms with Crippen molar-refractivity contribution in [2.45, 2.75) is 76.8 Å². The molecule has 2 aromatic carbocycles. The quantitative estimate of drug-likeness (QED) is 0.419. The minimum absolute atomic E-state index is 0.0135. The van der Waals surface area contributed by atoms with Gasteiger partial charge in [-0.1, -0.05) is 12.1 Å². The first kappa shape index (κ1) is 18.0. The van der Waals surface area contributed by atoms with Crippen LogP contribution in [0.15, 0.2) is 24.3 Å². The molecule has 4 aliphatic heterocycles. The van der Waals surface area contributed by atoms with Gasteiger partial charge in [-0.25, -0.2) is 9.97 Å². The molecule has 0 unspecified atom stereocenters. The number of ether oxygens (including phenoxy) is 4. The molecule has 8 nitrogen and oxygen atoms in total. The molecular weight excluding hydrogens is 408 g/mol. The fourth-order valence-corrected chi connectivity index (χ4v) is 6.17. The molecule has 0 aliphatic carbocycles. The number of aromatic nitrogens is 4. The molecule has 164 valence electrons. The van der Waals surface area contributed by atoms with Gasteiger partial charge in [0.05, 0.1) is 35.2 Å². The third-order valence-corrected chi connectivity index (χ3v) is 7.28. The molecule has 4 aliphatic rings. The summed E-state index contributed by atoms with van der Waals surface area (Å²) in [7, 11) is 0. The Morgan fingerprint density at radius 2 is 1.19 bits per heavy atom. The molecule has 8 rings (SSSR count). The van der Waals surface area contributed by atoms with Crippen molar-refractivity contribution in [2.24, 2.45) is 0 Å². The Balaban J connectivity index is 1.35. The van der Waals surface area contributed by atoms with Crippen LogP contribution in [0.2, 0.25) is 0 Å². The molecule has 2 fully saturated rings. The van der Waals surface area contributed by atoms with Crippen LogP contribution in [0.1, 0.15) is 51.6 Å². The normalized spacial score (nSPS) is 31.5. The molecule has 0 N–H and O–H groups in total. The predicted octanol–water partition coefficient (Wildman–Crippen LogP) is 3.95. The summed E-state index contributed by atoms with van der Waals surface area (Å²) < 4.78 is 29.1. The molecule has 0 radical (unpaired) electrons. The molecule has 2 saturated heterocycles. The van der Waals surface area contributed by atoms with Gasteiger partial charge < -0.3 is 28.1 Å². The van der Waals surface area contributed by atoms with Gasteiger partial charge in [-0.15, -0.1) is 0 Å². The zero-order valence-corrected chi connectivity index (χ0v) is 18.5. The molecule has 0 bridgehead atoms. The van der Waals surface area contributed by atoms with Crippen molar-refractivity contribution in [1.82, 2.24) is 19.1 Å². The maximum atomic E-state index is 6.19. The summed E-state index contributed by atoms with van der Waals surface area (Å²) in [6.07, 6.45) is -0.240. The highest BCUT2D eigenvalue weighted by molar-refractivity contribution is 6.16. The largest absolute Gasteiger partial charge is 0.342 e. The van der Waals surface area contributed by atoms with E-state index in [9.17, 15) is 0 Å². The van der Waals surface area contributed by atoms with Crippen LogP contribution in [0, 0.1) is 0 Å². The lowest BCUT2D eigenvalue weighted by Crippen LogP contribution is -2.23. The highest BCUT2D eigenvalue weighted by Crippen LogP contribution is 2.47.